The smallest absolute Gasteiger partial charge is 0.251 e. The average molecular weight is 573 g/mol. The first-order valence-electron chi connectivity index (χ1n) is 13.5. The summed E-state index contributed by atoms with van der Waals surface area (Å²) >= 11 is 7.41. The second-order valence-electron chi connectivity index (χ2n) is 9.71. The first-order chi connectivity index (χ1) is 18.5. The molecule has 9 heteroatoms. The van der Waals surface area contributed by atoms with Gasteiger partial charge in [0.1, 0.15) is 15.2 Å². The molecule has 4 rings (SSSR count). The van der Waals surface area contributed by atoms with E-state index in [1.165, 1.54) is 42.6 Å². The lowest BCUT2D eigenvalue weighted by atomic mass is 10.0. The molecule has 3 heterocycles. The molecule has 0 bridgehead atoms. The molecule has 1 aliphatic rings. The van der Waals surface area contributed by atoms with Gasteiger partial charge in [0, 0.05) is 53.5 Å². The van der Waals surface area contributed by atoms with Crippen LogP contribution in [0.25, 0.3) is 0 Å². The molecule has 1 N–H and O–H groups in total. The van der Waals surface area contributed by atoms with Crippen LogP contribution in [-0.4, -0.2) is 50.0 Å². The molecule has 3 aromatic rings. The van der Waals surface area contributed by atoms with Crippen molar-refractivity contribution in [2.24, 2.45) is 0 Å². The van der Waals surface area contributed by atoms with Gasteiger partial charge in [-0.3, -0.25) is 14.7 Å². The highest BCUT2D eigenvalue weighted by Crippen LogP contribution is 2.26. The van der Waals surface area contributed by atoms with Crippen LogP contribution in [0.3, 0.4) is 0 Å². The summed E-state index contributed by atoms with van der Waals surface area (Å²) in [5.41, 5.74) is 1.87. The summed E-state index contributed by atoms with van der Waals surface area (Å²) in [6, 6.07) is 15.4. The summed E-state index contributed by atoms with van der Waals surface area (Å²) in [7, 11) is -1.18. The fraction of sp³-hybridized carbons (Fsp3) is 0.448. The number of carbonyl (C=O) groups excluding carboxylic acids is 1. The maximum Gasteiger partial charge on any atom is 0.251 e. The van der Waals surface area contributed by atoms with Crippen LogP contribution in [0, 0.1) is 0 Å². The van der Waals surface area contributed by atoms with Gasteiger partial charge < -0.3 is 5.32 Å². The molecule has 0 spiro atoms. The number of hydrogen-bond donors (Lipinski definition) is 1. The fourth-order valence-electron chi connectivity index (χ4n) is 4.77. The van der Waals surface area contributed by atoms with Crippen molar-refractivity contribution < 1.29 is 9.00 Å². The molecular formula is C29H37ClN4O2S2. The molecule has 6 nitrogen and oxygen atoms in total. The monoisotopic (exact) mass is 572 g/mol. The molecule has 1 fully saturated rings. The van der Waals surface area contributed by atoms with E-state index in [0.717, 1.165) is 48.1 Å². The standard InChI is InChI=1S/C29H37ClN4O2S2/c1-2-3-4-5-18-33(22-23-12-16-31-17-13-23)26-14-19-34(20-15-26)38(36)28-11-10-27(37-28)21-32-29(35)24-6-8-25(30)9-7-24/h6-13,16-17,26H,2-5,14-15,18-22H2,1H3,(H,32,35). The van der Waals surface area contributed by atoms with Gasteiger partial charge in [-0.25, -0.2) is 8.51 Å². The molecular weight excluding hydrogens is 536 g/mol. The van der Waals surface area contributed by atoms with Gasteiger partial charge in [0.25, 0.3) is 5.91 Å². The maximum absolute atomic E-state index is 13.3. The van der Waals surface area contributed by atoms with Gasteiger partial charge in [0.15, 0.2) is 0 Å². The molecule has 1 saturated heterocycles. The van der Waals surface area contributed by atoms with Gasteiger partial charge in [-0.2, -0.15) is 0 Å². The predicted molar refractivity (Wildman–Crippen MR) is 157 cm³/mol. The van der Waals surface area contributed by atoms with Crippen molar-refractivity contribution in [3.8, 4) is 0 Å². The third kappa shape index (κ3) is 8.45. The Hall–Kier alpha value is -2.10. The van der Waals surface area contributed by atoms with Crippen LogP contribution >= 0.6 is 22.9 Å². The Kier molecular flexibility index (Phi) is 11.3. The van der Waals surface area contributed by atoms with Crippen LogP contribution in [0.5, 0.6) is 0 Å². The van der Waals surface area contributed by atoms with Gasteiger partial charge in [0.05, 0.1) is 6.54 Å². The molecule has 0 saturated carbocycles. The van der Waals surface area contributed by atoms with Gasteiger partial charge in [-0.1, -0.05) is 37.8 Å². The quantitative estimate of drug-likeness (QED) is 0.244. The van der Waals surface area contributed by atoms with E-state index in [2.05, 4.69) is 38.6 Å². The number of nitrogens with zero attached hydrogens (tertiary/aromatic N) is 3. The number of amides is 1. The summed E-state index contributed by atoms with van der Waals surface area (Å²) in [6.45, 7) is 6.34. The number of hydrogen-bond acceptors (Lipinski definition) is 5. The lowest BCUT2D eigenvalue weighted by Gasteiger charge is -2.38. The van der Waals surface area contributed by atoms with E-state index in [1.807, 2.05) is 24.5 Å². The number of benzene rings is 1. The summed E-state index contributed by atoms with van der Waals surface area (Å²) in [5, 5.41) is 3.54. The Morgan fingerprint density at radius 2 is 1.82 bits per heavy atom. The fourth-order valence-corrected chi connectivity index (χ4v) is 7.48. The van der Waals surface area contributed by atoms with E-state index in [9.17, 15) is 9.00 Å². The Bertz CT molecular complexity index is 1160. The van der Waals surface area contributed by atoms with Crippen LogP contribution in [0.4, 0.5) is 0 Å². The highest BCUT2D eigenvalue weighted by atomic mass is 35.5. The number of halogens is 1. The SMILES string of the molecule is CCCCCCN(Cc1ccncc1)C1CCN(S(=O)c2ccc(CNC(=O)c3ccc(Cl)cc3)s2)CC1. The third-order valence-electron chi connectivity index (χ3n) is 6.95. The minimum atomic E-state index is -1.18. The number of rotatable bonds is 13. The average Bonchev–Trinajstić information content (AvgIpc) is 3.43. The molecule has 1 amide bonds. The molecule has 1 atom stereocenters. The number of aromatic nitrogens is 1. The second kappa shape index (κ2) is 14.9. The van der Waals surface area contributed by atoms with E-state index in [-0.39, 0.29) is 5.91 Å². The van der Waals surface area contributed by atoms with Crippen LogP contribution in [-0.2, 0) is 24.1 Å². The summed E-state index contributed by atoms with van der Waals surface area (Å²) in [6.07, 6.45) is 10.8. The molecule has 0 radical (unpaired) electrons. The zero-order valence-corrected chi connectivity index (χ0v) is 24.4. The Balaban J connectivity index is 1.28. The Labute approximate surface area is 238 Å². The minimum Gasteiger partial charge on any atom is -0.347 e. The highest BCUT2D eigenvalue weighted by Gasteiger charge is 2.28. The van der Waals surface area contributed by atoms with Gasteiger partial charge in [-0.05, 0) is 79.9 Å². The predicted octanol–water partition coefficient (Wildman–Crippen LogP) is 6.30. The Morgan fingerprint density at radius 3 is 2.53 bits per heavy atom. The molecule has 0 aliphatic carbocycles. The van der Waals surface area contributed by atoms with Crippen LogP contribution in [0.2, 0.25) is 5.02 Å². The molecule has 38 heavy (non-hydrogen) atoms. The maximum atomic E-state index is 13.3. The number of carbonyl (C=O) groups is 1. The van der Waals surface area contributed by atoms with E-state index >= 15 is 0 Å². The van der Waals surface area contributed by atoms with Crippen molar-refractivity contribution in [3.05, 3.63) is 82.0 Å². The normalized spacial score (nSPS) is 15.6. The molecule has 1 aliphatic heterocycles. The third-order valence-corrected chi connectivity index (χ3v) is 10.1. The van der Waals surface area contributed by atoms with Crippen molar-refractivity contribution in [2.45, 2.75) is 68.8 Å². The summed E-state index contributed by atoms with van der Waals surface area (Å²) in [5.74, 6) is -0.147. The van der Waals surface area contributed by atoms with Crippen molar-refractivity contribution in [3.63, 3.8) is 0 Å². The summed E-state index contributed by atoms with van der Waals surface area (Å²) < 4.78 is 16.3. The van der Waals surface area contributed by atoms with E-state index in [0.29, 0.717) is 23.2 Å². The zero-order valence-electron chi connectivity index (χ0n) is 22.0. The molecule has 1 aromatic carbocycles. The Morgan fingerprint density at radius 1 is 1.08 bits per heavy atom. The van der Waals surface area contributed by atoms with Crippen molar-refractivity contribution >= 4 is 39.8 Å². The van der Waals surface area contributed by atoms with Gasteiger partial charge in [0.2, 0.25) is 0 Å². The molecule has 2 aromatic heterocycles. The lowest BCUT2D eigenvalue weighted by Crippen LogP contribution is -2.45. The van der Waals surface area contributed by atoms with Gasteiger partial charge in [-0.15, -0.1) is 11.3 Å². The van der Waals surface area contributed by atoms with Gasteiger partial charge >= 0.3 is 0 Å². The zero-order chi connectivity index (χ0) is 26.7. The molecule has 1 unspecified atom stereocenters. The van der Waals surface area contributed by atoms with Crippen LogP contribution < -0.4 is 5.32 Å². The van der Waals surface area contributed by atoms with E-state index < -0.39 is 11.0 Å². The highest BCUT2D eigenvalue weighted by molar-refractivity contribution is 7.85. The van der Waals surface area contributed by atoms with E-state index in [4.69, 9.17) is 11.6 Å². The largest absolute Gasteiger partial charge is 0.347 e. The minimum absolute atomic E-state index is 0.147. The summed E-state index contributed by atoms with van der Waals surface area (Å²) in [4.78, 5) is 20.2. The van der Waals surface area contributed by atoms with E-state index in [1.54, 1.807) is 24.3 Å². The molecule has 204 valence electrons. The van der Waals surface area contributed by atoms with Crippen molar-refractivity contribution in [1.82, 2.24) is 19.5 Å². The number of nitrogens with one attached hydrogen (secondary N) is 1. The number of piperidine rings is 1. The second-order valence-corrected chi connectivity index (χ2v) is 13.0. The van der Waals surface area contributed by atoms with Crippen molar-refractivity contribution in [2.75, 3.05) is 19.6 Å². The number of pyridine rings is 1. The topological polar surface area (TPSA) is 65.5 Å². The first-order valence-corrected chi connectivity index (χ1v) is 15.8. The lowest BCUT2D eigenvalue weighted by molar-refractivity contribution is 0.0951. The number of unbranched alkanes of at least 4 members (excludes halogenated alkanes) is 3. The van der Waals surface area contributed by atoms with Crippen molar-refractivity contribution in [1.29, 1.82) is 0 Å². The van der Waals surface area contributed by atoms with Crippen LogP contribution in [0.1, 0.15) is 66.2 Å². The van der Waals surface area contributed by atoms with Crippen LogP contribution in [0.15, 0.2) is 65.1 Å². The first kappa shape index (κ1) is 28.9. The number of thiophene rings is 1.